The highest BCUT2D eigenvalue weighted by Gasteiger charge is 2.06. The average Bonchev–Trinajstić information content (AvgIpc) is 2.32. The summed E-state index contributed by atoms with van der Waals surface area (Å²) in [5.41, 5.74) is 0.821. The molecule has 0 unspecified atom stereocenters. The Balaban J connectivity index is 0.00000361. The highest BCUT2D eigenvalue weighted by atomic mass is 127. The molecule has 0 radical (unpaired) electrons. The Morgan fingerprint density at radius 1 is 1.20 bits per heavy atom. The number of hydrogen-bond acceptors (Lipinski definition) is 2. The molecule has 0 N–H and O–H groups in total. The summed E-state index contributed by atoms with van der Waals surface area (Å²) in [6.07, 6.45) is 0. The Bertz CT molecular complexity index is 440. The van der Waals surface area contributed by atoms with E-state index in [9.17, 15) is 4.39 Å². The predicted octanol–water partition coefficient (Wildman–Crippen LogP) is 2.82. The zero-order valence-corrected chi connectivity index (χ0v) is 15.0. The third-order valence-electron chi connectivity index (χ3n) is 2.50. The number of aliphatic imine (C=N–C) groups is 1. The molecular weight excluding hydrogens is 372 g/mol. The predicted molar refractivity (Wildman–Crippen MR) is 91.5 cm³/mol. The lowest BCUT2D eigenvalue weighted by Gasteiger charge is -2.22. The normalized spacial score (nSPS) is 9.50. The van der Waals surface area contributed by atoms with Gasteiger partial charge in [0.2, 0.25) is 0 Å². The summed E-state index contributed by atoms with van der Waals surface area (Å²) in [7, 11) is 7.71. The summed E-state index contributed by atoms with van der Waals surface area (Å²) >= 11 is 0. The quantitative estimate of drug-likeness (QED) is 0.446. The van der Waals surface area contributed by atoms with Gasteiger partial charge in [0.25, 0.3) is 0 Å². The minimum atomic E-state index is -0.342. The van der Waals surface area contributed by atoms with Crippen molar-refractivity contribution in [2.45, 2.75) is 13.5 Å². The molecule has 0 aliphatic rings. The second-order valence-electron chi connectivity index (χ2n) is 4.60. The molecular formula is C14H23FIN3O. The van der Waals surface area contributed by atoms with Gasteiger partial charge in [-0.1, -0.05) is 6.07 Å². The Morgan fingerprint density at radius 2 is 1.80 bits per heavy atom. The van der Waals surface area contributed by atoms with Gasteiger partial charge in [0.05, 0.1) is 13.2 Å². The minimum absolute atomic E-state index is 0. The lowest BCUT2D eigenvalue weighted by molar-refractivity contribution is 0.321. The van der Waals surface area contributed by atoms with Crippen LogP contribution >= 0.6 is 24.0 Å². The minimum Gasteiger partial charge on any atom is -0.491 e. The van der Waals surface area contributed by atoms with E-state index in [0.717, 1.165) is 11.5 Å². The summed E-state index contributed by atoms with van der Waals surface area (Å²) in [6, 6.07) is 4.95. The van der Waals surface area contributed by atoms with Crippen molar-refractivity contribution in [3.63, 3.8) is 0 Å². The van der Waals surface area contributed by atoms with Gasteiger partial charge in [-0.2, -0.15) is 0 Å². The van der Waals surface area contributed by atoms with Gasteiger partial charge in [-0.3, -0.25) is 0 Å². The van der Waals surface area contributed by atoms with Crippen LogP contribution in [-0.4, -0.2) is 50.6 Å². The van der Waals surface area contributed by atoms with E-state index in [4.69, 9.17) is 4.74 Å². The van der Waals surface area contributed by atoms with Crippen LogP contribution in [0.4, 0.5) is 4.39 Å². The van der Waals surface area contributed by atoms with Gasteiger partial charge < -0.3 is 14.5 Å². The van der Waals surface area contributed by atoms with Crippen LogP contribution in [0.1, 0.15) is 12.5 Å². The maximum Gasteiger partial charge on any atom is 0.195 e. The second kappa shape index (κ2) is 8.99. The van der Waals surface area contributed by atoms with Gasteiger partial charge in [-0.25, -0.2) is 9.38 Å². The largest absolute Gasteiger partial charge is 0.491 e. The molecule has 1 aromatic carbocycles. The maximum atomic E-state index is 13.7. The van der Waals surface area contributed by atoms with E-state index >= 15 is 0 Å². The van der Waals surface area contributed by atoms with E-state index in [0.29, 0.717) is 13.2 Å². The third kappa shape index (κ3) is 5.52. The first-order valence-electron chi connectivity index (χ1n) is 6.26. The highest BCUT2D eigenvalue weighted by Crippen LogP contribution is 2.18. The van der Waals surface area contributed by atoms with Gasteiger partial charge in [0.15, 0.2) is 17.5 Å². The zero-order chi connectivity index (χ0) is 14.4. The molecule has 1 rings (SSSR count). The molecule has 1 aromatic rings. The first kappa shape index (κ1) is 18.9. The molecule has 0 aliphatic carbocycles. The van der Waals surface area contributed by atoms with Gasteiger partial charge in [0, 0.05) is 28.2 Å². The number of hydrogen-bond donors (Lipinski definition) is 0. The van der Waals surface area contributed by atoms with Crippen LogP contribution in [0.25, 0.3) is 0 Å². The lowest BCUT2D eigenvalue weighted by Crippen LogP contribution is -2.35. The molecule has 0 fully saturated rings. The molecule has 6 heteroatoms. The molecule has 0 saturated carbocycles. The molecule has 0 aromatic heterocycles. The molecule has 114 valence electrons. The fourth-order valence-electron chi connectivity index (χ4n) is 1.76. The third-order valence-corrected chi connectivity index (χ3v) is 2.50. The lowest BCUT2D eigenvalue weighted by atomic mass is 10.2. The van der Waals surface area contributed by atoms with Crippen LogP contribution in [0, 0.1) is 5.82 Å². The van der Waals surface area contributed by atoms with Crippen molar-refractivity contribution in [3.8, 4) is 5.75 Å². The summed E-state index contributed by atoms with van der Waals surface area (Å²) in [5, 5.41) is 0. The highest BCUT2D eigenvalue weighted by molar-refractivity contribution is 14.0. The molecule has 0 spiro atoms. The van der Waals surface area contributed by atoms with E-state index in [1.54, 1.807) is 6.07 Å². The van der Waals surface area contributed by atoms with E-state index in [2.05, 4.69) is 4.99 Å². The average molecular weight is 395 g/mol. The van der Waals surface area contributed by atoms with Crippen molar-refractivity contribution in [1.29, 1.82) is 0 Å². The van der Waals surface area contributed by atoms with Gasteiger partial charge in [-0.15, -0.1) is 24.0 Å². The number of nitrogens with zero attached hydrogens (tertiary/aromatic N) is 3. The van der Waals surface area contributed by atoms with Crippen molar-refractivity contribution >= 4 is 29.9 Å². The van der Waals surface area contributed by atoms with E-state index < -0.39 is 0 Å². The molecule has 20 heavy (non-hydrogen) atoms. The van der Waals surface area contributed by atoms with Gasteiger partial charge >= 0.3 is 0 Å². The summed E-state index contributed by atoms with van der Waals surface area (Å²) in [5.74, 6) is 0.788. The van der Waals surface area contributed by atoms with Crippen molar-refractivity contribution < 1.29 is 9.13 Å². The second-order valence-corrected chi connectivity index (χ2v) is 4.60. The van der Waals surface area contributed by atoms with E-state index in [1.807, 2.05) is 51.0 Å². The maximum absolute atomic E-state index is 13.7. The van der Waals surface area contributed by atoms with Crippen molar-refractivity contribution in [2.24, 2.45) is 4.99 Å². The molecule has 0 aliphatic heterocycles. The molecule has 0 bridgehead atoms. The van der Waals surface area contributed by atoms with Crippen molar-refractivity contribution in [3.05, 3.63) is 29.6 Å². The smallest absolute Gasteiger partial charge is 0.195 e. The Morgan fingerprint density at radius 3 is 2.25 bits per heavy atom. The first-order chi connectivity index (χ1) is 8.95. The standard InChI is InChI=1S/C14H22FN3O.HI/c1-6-19-13-8-7-11(9-12(13)15)10-16-14(17(2)3)18(4)5;/h7-9H,6,10H2,1-5H3;1H. The van der Waals surface area contributed by atoms with Crippen LogP contribution in [0.15, 0.2) is 23.2 Å². The van der Waals surface area contributed by atoms with Crippen LogP contribution in [0.2, 0.25) is 0 Å². The van der Waals surface area contributed by atoms with E-state index in [1.165, 1.54) is 6.07 Å². The number of rotatable bonds is 4. The molecule has 0 atom stereocenters. The topological polar surface area (TPSA) is 28.1 Å². The van der Waals surface area contributed by atoms with Crippen LogP contribution in [0.3, 0.4) is 0 Å². The summed E-state index contributed by atoms with van der Waals surface area (Å²) in [4.78, 5) is 8.31. The first-order valence-corrected chi connectivity index (χ1v) is 6.26. The zero-order valence-electron chi connectivity index (χ0n) is 12.7. The molecule has 0 saturated heterocycles. The SMILES string of the molecule is CCOc1ccc(CN=C(N(C)C)N(C)C)cc1F.I. The van der Waals surface area contributed by atoms with Gasteiger partial charge in [-0.05, 0) is 24.6 Å². The molecule has 0 heterocycles. The van der Waals surface area contributed by atoms with Crippen LogP contribution in [0.5, 0.6) is 5.75 Å². The Hall–Kier alpha value is -1.05. The van der Waals surface area contributed by atoms with Crippen molar-refractivity contribution in [2.75, 3.05) is 34.8 Å². The number of guanidine groups is 1. The monoisotopic (exact) mass is 395 g/mol. The number of halogens is 2. The van der Waals surface area contributed by atoms with E-state index in [-0.39, 0.29) is 35.5 Å². The Kier molecular flexibility index (Phi) is 8.52. The van der Waals surface area contributed by atoms with Crippen molar-refractivity contribution in [1.82, 2.24) is 9.80 Å². The number of benzene rings is 1. The van der Waals surface area contributed by atoms with Gasteiger partial charge in [0.1, 0.15) is 0 Å². The van der Waals surface area contributed by atoms with Crippen LogP contribution < -0.4 is 4.74 Å². The fourth-order valence-corrected chi connectivity index (χ4v) is 1.76. The fraction of sp³-hybridized carbons (Fsp3) is 0.500. The Labute approximate surface area is 137 Å². The van der Waals surface area contributed by atoms with Crippen LogP contribution in [-0.2, 0) is 6.54 Å². The summed E-state index contributed by atoms with van der Waals surface area (Å²) in [6.45, 7) is 2.73. The summed E-state index contributed by atoms with van der Waals surface area (Å²) < 4.78 is 18.9. The number of ether oxygens (including phenoxy) is 1. The molecule has 0 amide bonds. The molecule has 4 nitrogen and oxygen atoms in total.